The summed E-state index contributed by atoms with van der Waals surface area (Å²) in [5.74, 6) is -0.768. The lowest BCUT2D eigenvalue weighted by Gasteiger charge is -2.25. The van der Waals surface area contributed by atoms with Crippen molar-refractivity contribution in [1.29, 1.82) is 0 Å². The minimum Gasteiger partial charge on any atom is -0.480 e. The number of carboxylic acids is 1. The van der Waals surface area contributed by atoms with Gasteiger partial charge in [0.15, 0.2) is 0 Å². The summed E-state index contributed by atoms with van der Waals surface area (Å²) >= 11 is 0. The highest BCUT2D eigenvalue weighted by Crippen LogP contribution is 2.30. The van der Waals surface area contributed by atoms with E-state index in [4.69, 9.17) is 0 Å². The Kier molecular flexibility index (Phi) is 4.01. The van der Waals surface area contributed by atoms with Crippen molar-refractivity contribution in [1.82, 2.24) is 4.72 Å². The summed E-state index contributed by atoms with van der Waals surface area (Å²) in [6.45, 7) is 2.58. The number of hydrogen-bond acceptors (Lipinski definition) is 4. The van der Waals surface area contributed by atoms with Gasteiger partial charge in [-0.2, -0.15) is 0 Å². The van der Waals surface area contributed by atoms with Crippen molar-refractivity contribution in [2.24, 2.45) is 5.92 Å². The van der Waals surface area contributed by atoms with E-state index in [0.29, 0.717) is 6.54 Å². The zero-order chi connectivity index (χ0) is 14.9. The van der Waals surface area contributed by atoms with Gasteiger partial charge >= 0.3 is 5.97 Å². The maximum absolute atomic E-state index is 11.6. The van der Waals surface area contributed by atoms with Crippen LogP contribution in [-0.2, 0) is 14.8 Å². The molecule has 0 spiro atoms. The molecule has 0 aliphatic carbocycles. The second kappa shape index (κ2) is 5.41. The van der Waals surface area contributed by atoms with Crippen LogP contribution in [0.2, 0.25) is 0 Å². The summed E-state index contributed by atoms with van der Waals surface area (Å²) < 4.78 is 25.5. The highest BCUT2D eigenvalue weighted by atomic mass is 32.2. The fraction of sp³-hybridized carbons (Fsp3) is 0.462. The van der Waals surface area contributed by atoms with Crippen LogP contribution in [0.1, 0.15) is 13.3 Å². The largest absolute Gasteiger partial charge is 0.480 e. The number of aliphatic carboxylic acids is 1. The lowest BCUT2D eigenvalue weighted by atomic mass is 10.0. The predicted molar refractivity (Wildman–Crippen MR) is 75.2 cm³/mol. The Balaban J connectivity index is 2.29. The number of nitrogens with zero attached hydrogens (tertiary/aromatic N) is 1. The predicted octanol–water partition coefficient (Wildman–Crippen LogP) is 0.894. The molecule has 0 amide bonds. The van der Waals surface area contributed by atoms with Crippen LogP contribution in [0.25, 0.3) is 0 Å². The number of benzene rings is 1. The van der Waals surface area contributed by atoms with E-state index in [1.807, 2.05) is 11.8 Å². The van der Waals surface area contributed by atoms with Gasteiger partial charge in [0.2, 0.25) is 10.0 Å². The summed E-state index contributed by atoms with van der Waals surface area (Å²) in [6.07, 6.45) is 0.813. The average molecular weight is 298 g/mol. The van der Waals surface area contributed by atoms with Gasteiger partial charge in [-0.15, -0.1) is 0 Å². The summed E-state index contributed by atoms with van der Waals surface area (Å²) in [4.78, 5) is 13.3. The molecule has 2 rings (SSSR count). The van der Waals surface area contributed by atoms with Gasteiger partial charge in [0.05, 0.1) is 4.90 Å². The SMILES string of the molecule is CNS(=O)(=O)c1ccc(N2CCC(C)C2C(=O)O)cc1. The number of rotatable bonds is 4. The molecule has 1 aliphatic heterocycles. The van der Waals surface area contributed by atoms with E-state index >= 15 is 0 Å². The first-order chi connectivity index (χ1) is 9.36. The Morgan fingerprint density at radius 3 is 2.45 bits per heavy atom. The van der Waals surface area contributed by atoms with Crippen molar-refractivity contribution in [3.8, 4) is 0 Å². The third-order valence-electron chi connectivity index (χ3n) is 3.70. The highest BCUT2D eigenvalue weighted by Gasteiger charge is 2.36. The van der Waals surface area contributed by atoms with Crippen LogP contribution in [-0.4, -0.2) is 39.1 Å². The monoisotopic (exact) mass is 298 g/mol. The Bertz CT molecular complexity index is 597. The molecule has 1 aromatic carbocycles. The number of nitrogens with one attached hydrogen (secondary N) is 1. The maximum atomic E-state index is 11.6. The van der Waals surface area contributed by atoms with E-state index in [9.17, 15) is 18.3 Å². The zero-order valence-electron chi connectivity index (χ0n) is 11.4. The molecular weight excluding hydrogens is 280 g/mol. The van der Waals surface area contributed by atoms with Crippen molar-refractivity contribution in [2.45, 2.75) is 24.3 Å². The molecule has 20 heavy (non-hydrogen) atoms. The van der Waals surface area contributed by atoms with Crippen LogP contribution in [0.5, 0.6) is 0 Å². The van der Waals surface area contributed by atoms with Crippen LogP contribution in [0, 0.1) is 5.92 Å². The van der Waals surface area contributed by atoms with Gasteiger partial charge in [0.1, 0.15) is 6.04 Å². The molecule has 1 saturated heterocycles. The molecule has 1 fully saturated rings. The lowest BCUT2D eigenvalue weighted by Crippen LogP contribution is -2.39. The second-order valence-corrected chi connectivity index (χ2v) is 6.83. The molecule has 0 aromatic heterocycles. The van der Waals surface area contributed by atoms with Crippen molar-refractivity contribution >= 4 is 21.7 Å². The minimum atomic E-state index is -3.46. The summed E-state index contributed by atoms with van der Waals surface area (Å²) in [5.41, 5.74) is 0.733. The Morgan fingerprint density at radius 1 is 1.35 bits per heavy atom. The van der Waals surface area contributed by atoms with Crippen LogP contribution in [0.3, 0.4) is 0 Å². The van der Waals surface area contributed by atoms with Gasteiger partial charge in [-0.1, -0.05) is 6.92 Å². The molecule has 1 aromatic rings. The van der Waals surface area contributed by atoms with Crippen LogP contribution < -0.4 is 9.62 Å². The zero-order valence-corrected chi connectivity index (χ0v) is 12.2. The Labute approximate surface area is 118 Å². The molecule has 1 heterocycles. The molecule has 2 unspecified atom stereocenters. The van der Waals surface area contributed by atoms with E-state index in [0.717, 1.165) is 12.1 Å². The van der Waals surface area contributed by atoms with Crippen molar-refractivity contribution in [2.75, 3.05) is 18.5 Å². The number of carbonyl (C=O) groups is 1. The quantitative estimate of drug-likeness (QED) is 0.862. The smallest absolute Gasteiger partial charge is 0.326 e. The van der Waals surface area contributed by atoms with Gasteiger partial charge in [-0.3, -0.25) is 0 Å². The normalized spacial score (nSPS) is 23.0. The minimum absolute atomic E-state index is 0.0771. The number of sulfonamides is 1. The molecule has 2 N–H and O–H groups in total. The van der Waals surface area contributed by atoms with Gasteiger partial charge in [-0.25, -0.2) is 17.9 Å². The lowest BCUT2D eigenvalue weighted by molar-refractivity contribution is -0.139. The molecule has 0 radical (unpaired) electrons. The van der Waals surface area contributed by atoms with Gasteiger partial charge in [0.25, 0.3) is 0 Å². The van der Waals surface area contributed by atoms with E-state index in [1.54, 1.807) is 12.1 Å². The maximum Gasteiger partial charge on any atom is 0.326 e. The van der Waals surface area contributed by atoms with Gasteiger partial charge in [-0.05, 0) is 43.7 Å². The highest BCUT2D eigenvalue weighted by molar-refractivity contribution is 7.89. The molecule has 0 bridgehead atoms. The fourth-order valence-corrected chi connectivity index (χ4v) is 3.28. The molecule has 6 nitrogen and oxygen atoms in total. The number of hydrogen-bond donors (Lipinski definition) is 2. The summed E-state index contributed by atoms with van der Waals surface area (Å²) in [6, 6.07) is 5.73. The van der Waals surface area contributed by atoms with E-state index in [1.165, 1.54) is 19.2 Å². The second-order valence-electron chi connectivity index (χ2n) is 4.94. The first-order valence-electron chi connectivity index (χ1n) is 6.40. The van der Waals surface area contributed by atoms with Gasteiger partial charge in [0, 0.05) is 12.2 Å². The molecule has 1 aliphatic rings. The van der Waals surface area contributed by atoms with Crippen LogP contribution in [0.4, 0.5) is 5.69 Å². The third kappa shape index (κ3) is 2.64. The third-order valence-corrected chi connectivity index (χ3v) is 5.13. The standard InChI is InChI=1S/C13H18N2O4S/c1-9-7-8-15(12(9)13(16)17)10-3-5-11(6-4-10)20(18,19)14-2/h3-6,9,12,14H,7-8H2,1-2H3,(H,16,17). The molecule has 110 valence electrons. The van der Waals surface area contributed by atoms with E-state index < -0.39 is 22.0 Å². The fourth-order valence-electron chi connectivity index (χ4n) is 2.55. The van der Waals surface area contributed by atoms with E-state index in [2.05, 4.69) is 4.72 Å². The van der Waals surface area contributed by atoms with Crippen LogP contribution >= 0.6 is 0 Å². The first kappa shape index (κ1) is 14.8. The Morgan fingerprint density at radius 2 is 1.95 bits per heavy atom. The topological polar surface area (TPSA) is 86.7 Å². The van der Waals surface area contributed by atoms with Gasteiger partial charge < -0.3 is 10.0 Å². The van der Waals surface area contributed by atoms with Crippen LogP contribution in [0.15, 0.2) is 29.2 Å². The van der Waals surface area contributed by atoms with E-state index in [-0.39, 0.29) is 10.8 Å². The molecule has 2 atom stereocenters. The molecular formula is C13H18N2O4S. The summed E-state index contributed by atoms with van der Waals surface area (Å²) in [7, 11) is -2.11. The first-order valence-corrected chi connectivity index (χ1v) is 7.88. The number of anilines is 1. The van der Waals surface area contributed by atoms with Crippen molar-refractivity contribution < 1.29 is 18.3 Å². The summed E-state index contributed by atoms with van der Waals surface area (Å²) in [5, 5.41) is 9.29. The molecule has 0 saturated carbocycles. The Hall–Kier alpha value is -1.60. The van der Waals surface area contributed by atoms with Crippen molar-refractivity contribution in [3.63, 3.8) is 0 Å². The number of carboxylic acid groups (broad SMARTS) is 1. The average Bonchev–Trinajstić information content (AvgIpc) is 2.81. The molecule has 7 heteroatoms. The van der Waals surface area contributed by atoms with Crippen molar-refractivity contribution in [3.05, 3.63) is 24.3 Å².